The van der Waals surface area contributed by atoms with Gasteiger partial charge in [0.05, 0.1) is 13.2 Å². The molecule has 0 aliphatic carbocycles. The SMILES string of the molecule is C=CC(N)c1c(F)ccc(OC)c1F. The second-order valence-corrected chi connectivity index (χ2v) is 2.74. The van der Waals surface area contributed by atoms with Gasteiger partial charge in [-0.05, 0) is 12.1 Å². The zero-order chi connectivity index (χ0) is 10.7. The number of hydrogen-bond donors (Lipinski definition) is 1. The number of ether oxygens (including phenoxy) is 1. The predicted octanol–water partition coefficient (Wildman–Crippen LogP) is 2.16. The molecular formula is C10H11F2NO. The number of hydrogen-bond acceptors (Lipinski definition) is 2. The molecule has 0 saturated heterocycles. The van der Waals surface area contributed by atoms with Crippen LogP contribution in [0.5, 0.6) is 5.75 Å². The molecule has 76 valence electrons. The summed E-state index contributed by atoms with van der Waals surface area (Å²) in [7, 11) is 1.31. The highest BCUT2D eigenvalue weighted by atomic mass is 19.1. The maximum absolute atomic E-state index is 13.5. The van der Waals surface area contributed by atoms with Gasteiger partial charge >= 0.3 is 0 Å². The van der Waals surface area contributed by atoms with Crippen molar-refractivity contribution in [3.05, 3.63) is 42.0 Å². The average molecular weight is 199 g/mol. The van der Waals surface area contributed by atoms with Gasteiger partial charge in [0, 0.05) is 5.56 Å². The minimum atomic E-state index is -0.870. The van der Waals surface area contributed by atoms with E-state index in [1.165, 1.54) is 19.3 Å². The fraction of sp³-hybridized carbons (Fsp3) is 0.200. The molecule has 2 N–H and O–H groups in total. The number of halogens is 2. The van der Waals surface area contributed by atoms with E-state index in [9.17, 15) is 8.78 Å². The highest BCUT2D eigenvalue weighted by molar-refractivity contribution is 5.35. The van der Waals surface area contributed by atoms with Crippen LogP contribution < -0.4 is 10.5 Å². The first-order valence-corrected chi connectivity index (χ1v) is 4.01. The standard InChI is InChI=1S/C10H11F2NO/c1-3-7(13)9-6(11)4-5-8(14-2)10(9)12/h3-5,7H,1,13H2,2H3. The fourth-order valence-corrected chi connectivity index (χ4v) is 1.13. The molecule has 0 aromatic heterocycles. The summed E-state index contributed by atoms with van der Waals surface area (Å²) in [4.78, 5) is 0. The van der Waals surface area contributed by atoms with Gasteiger partial charge in [0.15, 0.2) is 11.6 Å². The van der Waals surface area contributed by atoms with E-state index < -0.39 is 17.7 Å². The van der Waals surface area contributed by atoms with Crippen LogP contribution in [0.4, 0.5) is 8.78 Å². The van der Waals surface area contributed by atoms with Crippen LogP contribution in [0.25, 0.3) is 0 Å². The van der Waals surface area contributed by atoms with Gasteiger partial charge in [-0.2, -0.15) is 0 Å². The first-order valence-electron chi connectivity index (χ1n) is 4.01. The Morgan fingerprint density at radius 3 is 2.64 bits per heavy atom. The number of benzene rings is 1. The Kier molecular flexibility index (Phi) is 3.19. The van der Waals surface area contributed by atoms with Gasteiger partial charge in [0.25, 0.3) is 0 Å². The third-order valence-corrected chi connectivity index (χ3v) is 1.90. The Labute approximate surface area is 81.0 Å². The second-order valence-electron chi connectivity index (χ2n) is 2.74. The van der Waals surface area contributed by atoms with Gasteiger partial charge in [0.2, 0.25) is 0 Å². The topological polar surface area (TPSA) is 35.2 Å². The van der Waals surface area contributed by atoms with E-state index in [1.807, 2.05) is 0 Å². The van der Waals surface area contributed by atoms with E-state index >= 15 is 0 Å². The molecular weight excluding hydrogens is 188 g/mol. The average Bonchev–Trinajstić information content (AvgIpc) is 2.18. The number of nitrogens with two attached hydrogens (primary N) is 1. The van der Waals surface area contributed by atoms with Crippen LogP contribution in [0.3, 0.4) is 0 Å². The maximum atomic E-state index is 13.5. The van der Waals surface area contributed by atoms with Crippen LogP contribution in [0, 0.1) is 11.6 Å². The van der Waals surface area contributed by atoms with Crippen molar-refractivity contribution in [3.63, 3.8) is 0 Å². The smallest absolute Gasteiger partial charge is 0.173 e. The number of methoxy groups -OCH3 is 1. The zero-order valence-corrected chi connectivity index (χ0v) is 7.76. The first kappa shape index (κ1) is 10.7. The van der Waals surface area contributed by atoms with Crippen LogP contribution in [0.2, 0.25) is 0 Å². The first-order chi connectivity index (χ1) is 6.61. The van der Waals surface area contributed by atoms with Crippen molar-refractivity contribution in [1.82, 2.24) is 0 Å². The van der Waals surface area contributed by atoms with E-state index in [1.54, 1.807) is 0 Å². The Morgan fingerprint density at radius 2 is 2.14 bits per heavy atom. The van der Waals surface area contributed by atoms with Gasteiger partial charge in [-0.15, -0.1) is 6.58 Å². The van der Waals surface area contributed by atoms with Crippen LogP contribution in [0.15, 0.2) is 24.8 Å². The maximum Gasteiger partial charge on any atom is 0.173 e. The lowest BCUT2D eigenvalue weighted by atomic mass is 10.1. The van der Waals surface area contributed by atoms with Gasteiger partial charge in [-0.1, -0.05) is 6.08 Å². The molecule has 1 atom stereocenters. The molecule has 0 aliphatic rings. The Hall–Kier alpha value is -1.42. The molecule has 1 unspecified atom stereocenters. The molecule has 2 nitrogen and oxygen atoms in total. The molecule has 0 bridgehead atoms. The summed E-state index contributed by atoms with van der Waals surface area (Å²) in [5.74, 6) is -1.51. The molecule has 0 saturated carbocycles. The van der Waals surface area contributed by atoms with Crippen LogP contribution in [-0.4, -0.2) is 7.11 Å². The van der Waals surface area contributed by atoms with E-state index in [4.69, 9.17) is 10.5 Å². The van der Waals surface area contributed by atoms with E-state index in [2.05, 4.69) is 6.58 Å². The van der Waals surface area contributed by atoms with Crippen LogP contribution >= 0.6 is 0 Å². The lowest BCUT2D eigenvalue weighted by molar-refractivity contribution is 0.379. The quantitative estimate of drug-likeness (QED) is 0.757. The van der Waals surface area contributed by atoms with Crippen molar-refractivity contribution in [2.24, 2.45) is 5.73 Å². The third kappa shape index (κ3) is 1.75. The summed E-state index contributed by atoms with van der Waals surface area (Å²) < 4.78 is 31.4. The Morgan fingerprint density at radius 1 is 1.50 bits per heavy atom. The van der Waals surface area contributed by atoms with E-state index in [-0.39, 0.29) is 11.3 Å². The molecule has 0 fully saturated rings. The molecule has 0 radical (unpaired) electrons. The summed E-state index contributed by atoms with van der Waals surface area (Å²) in [6.45, 7) is 3.38. The summed E-state index contributed by atoms with van der Waals surface area (Å²) in [6, 6.07) is 1.45. The summed E-state index contributed by atoms with van der Waals surface area (Å²) in [6.07, 6.45) is 1.26. The largest absolute Gasteiger partial charge is 0.494 e. The van der Waals surface area contributed by atoms with Crippen molar-refractivity contribution in [3.8, 4) is 5.75 Å². The van der Waals surface area contributed by atoms with Gasteiger partial charge in [-0.3, -0.25) is 0 Å². The molecule has 0 spiro atoms. The molecule has 1 aromatic rings. The van der Waals surface area contributed by atoms with Gasteiger partial charge < -0.3 is 10.5 Å². The van der Waals surface area contributed by atoms with Crippen molar-refractivity contribution in [2.75, 3.05) is 7.11 Å². The van der Waals surface area contributed by atoms with E-state index in [0.29, 0.717) is 0 Å². The lowest BCUT2D eigenvalue weighted by Crippen LogP contribution is -2.12. The van der Waals surface area contributed by atoms with Crippen molar-refractivity contribution in [2.45, 2.75) is 6.04 Å². The Bertz CT molecular complexity index is 352. The summed E-state index contributed by atoms with van der Waals surface area (Å²) in [5.41, 5.74) is 5.24. The number of rotatable bonds is 3. The predicted molar refractivity (Wildman–Crippen MR) is 50.0 cm³/mol. The molecule has 4 heteroatoms. The van der Waals surface area contributed by atoms with Crippen molar-refractivity contribution in [1.29, 1.82) is 0 Å². The molecule has 0 heterocycles. The zero-order valence-electron chi connectivity index (χ0n) is 7.76. The van der Waals surface area contributed by atoms with Crippen molar-refractivity contribution < 1.29 is 13.5 Å². The highest BCUT2D eigenvalue weighted by Crippen LogP contribution is 2.27. The second kappa shape index (κ2) is 4.19. The molecule has 14 heavy (non-hydrogen) atoms. The molecule has 0 aliphatic heterocycles. The minimum Gasteiger partial charge on any atom is -0.494 e. The minimum absolute atomic E-state index is 0.0290. The van der Waals surface area contributed by atoms with Crippen molar-refractivity contribution >= 4 is 0 Å². The highest BCUT2D eigenvalue weighted by Gasteiger charge is 2.17. The molecule has 0 amide bonds. The molecule has 1 rings (SSSR count). The van der Waals surface area contributed by atoms with Gasteiger partial charge in [0.1, 0.15) is 5.82 Å². The monoisotopic (exact) mass is 199 g/mol. The third-order valence-electron chi connectivity index (χ3n) is 1.90. The van der Waals surface area contributed by atoms with Crippen LogP contribution in [-0.2, 0) is 0 Å². The van der Waals surface area contributed by atoms with Gasteiger partial charge in [-0.25, -0.2) is 8.78 Å². The lowest BCUT2D eigenvalue weighted by Gasteiger charge is -2.11. The van der Waals surface area contributed by atoms with E-state index in [0.717, 1.165) is 6.07 Å². The summed E-state index contributed by atoms with van der Waals surface area (Å²) in [5, 5.41) is 0. The Balaban J connectivity index is 3.31. The molecule has 1 aromatic carbocycles. The normalized spacial score (nSPS) is 12.3. The van der Waals surface area contributed by atoms with Crippen LogP contribution in [0.1, 0.15) is 11.6 Å². The summed E-state index contributed by atoms with van der Waals surface area (Å²) >= 11 is 0. The fourth-order valence-electron chi connectivity index (χ4n) is 1.13.